The van der Waals surface area contributed by atoms with E-state index in [1.807, 2.05) is 19.2 Å². The van der Waals surface area contributed by atoms with Crippen LogP contribution in [0.5, 0.6) is 11.5 Å². The Labute approximate surface area is 347 Å². The molecule has 5 heterocycles. The average Bonchev–Trinajstić information content (AvgIpc) is 4.03. The van der Waals surface area contributed by atoms with Crippen LogP contribution in [0, 0.1) is 18.3 Å². The summed E-state index contributed by atoms with van der Waals surface area (Å²) in [5.41, 5.74) is 0.119. The number of allylic oxidation sites excluding steroid dienone is 1. The van der Waals surface area contributed by atoms with Gasteiger partial charge in [-0.05, 0) is 75.3 Å². The molecule has 15 nitrogen and oxygen atoms in total. The molecule has 1 spiro atoms. The second-order valence-electron chi connectivity index (χ2n) is 17.6. The predicted molar refractivity (Wildman–Crippen MR) is 219 cm³/mol. The Morgan fingerprint density at radius 3 is 2.58 bits per heavy atom. The number of phenols is 1. The molecule has 8 rings (SSSR count). The topological polar surface area (TPSA) is 225 Å². The molecule has 60 heavy (non-hydrogen) atoms. The first kappa shape index (κ1) is 42.2. The van der Waals surface area contributed by atoms with Gasteiger partial charge in [0.1, 0.15) is 71.7 Å². The summed E-state index contributed by atoms with van der Waals surface area (Å²) < 4.78 is 13.6. The second kappa shape index (κ2) is 16.4. The molecule has 1 saturated heterocycles. The molecule has 322 valence electrons. The van der Waals surface area contributed by atoms with Crippen molar-refractivity contribution >= 4 is 28.8 Å². The Kier molecular flexibility index (Phi) is 11.6. The van der Waals surface area contributed by atoms with Crippen LogP contribution in [0.15, 0.2) is 74.1 Å². The van der Waals surface area contributed by atoms with Gasteiger partial charge in [0.15, 0.2) is 11.2 Å². The molecule has 1 saturated carbocycles. The van der Waals surface area contributed by atoms with Gasteiger partial charge >= 0.3 is 0 Å². The summed E-state index contributed by atoms with van der Waals surface area (Å²) in [6, 6.07) is 9.06. The number of nitrogens with zero attached hydrogens (tertiary/aromatic N) is 1. The van der Waals surface area contributed by atoms with Crippen LogP contribution in [0.2, 0.25) is 0 Å². The molecule has 2 aromatic carbocycles. The van der Waals surface area contributed by atoms with Gasteiger partial charge in [-0.3, -0.25) is 19.5 Å². The molecule has 2 fully saturated rings. The number of carbonyl (C=O) groups excluding carboxylic acids is 1. The van der Waals surface area contributed by atoms with E-state index in [0.29, 0.717) is 58.7 Å². The smallest absolute Gasteiger partial charge is 0.226 e. The van der Waals surface area contributed by atoms with Gasteiger partial charge in [-0.25, -0.2) is 9.78 Å². The highest BCUT2D eigenvalue weighted by Gasteiger charge is 2.54. The maximum atomic E-state index is 13.7. The lowest BCUT2D eigenvalue weighted by molar-refractivity contribution is -0.793. The van der Waals surface area contributed by atoms with Gasteiger partial charge in [0.05, 0.1) is 17.4 Å². The van der Waals surface area contributed by atoms with Crippen LogP contribution in [0.4, 0.5) is 5.69 Å². The van der Waals surface area contributed by atoms with Crippen LogP contribution in [-0.4, -0.2) is 104 Å². The highest BCUT2D eigenvalue weighted by Crippen LogP contribution is 2.51. The van der Waals surface area contributed by atoms with E-state index in [0.717, 1.165) is 48.3 Å². The first-order valence-electron chi connectivity index (χ1n) is 21.0. The van der Waals surface area contributed by atoms with Crippen LogP contribution < -0.4 is 20.4 Å². The van der Waals surface area contributed by atoms with Crippen molar-refractivity contribution in [1.82, 2.24) is 5.32 Å². The maximum absolute atomic E-state index is 13.7. The predicted octanol–water partition coefficient (Wildman–Crippen LogP) is 2.11. The van der Waals surface area contributed by atoms with Crippen LogP contribution in [0.25, 0.3) is 11.0 Å². The van der Waals surface area contributed by atoms with Crippen LogP contribution in [-0.2, 0) is 27.4 Å². The average molecular weight is 831 g/mol. The van der Waals surface area contributed by atoms with Crippen LogP contribution in [0.1, 0.15) is 75.7 Å². The molecule has 0 radical (unpaired) electrons. The molecule has 0 bridgehead atoms. The zero-order valence-corrected chi connectivity index (χ0v) is 34.2. The van der Waals surface area contributed by atoms with E-state index in [1.165, 1.54) is 30.3 Å². The number of benzene rings is 2. The Morgan fingerprint density at radius 1 is 1.12 bits per heavy atom. The second-order valence-corrected chi connectivity index (χ2v) is 17.6. The van der Waals surface area contributed by atoms with Gasteiger partial charge in [0.25, 0.3) is 0 Å². The van der Waals surface area contributed by atoms with Gasteiger partial charge in [-0.15, -0.1) is 0 Å². The molecule has 3 aromatic rings. The fraction of sp³-hybridized carbons (Fsp3) is 0.533. The molecule has 1 aromatic heterocycles. The first-order chi connectivity index (χ1) is 28.7. The standard InChI is InChI=1S/C45H55N3O12/c1-4-33-30-12-16-46-32(30)22-48(33)37-39-27(18-31-34(51)17-25(2)58-40(31)37)19-36(43(3,59-39)15-11-28-21-47-42(55)44(28)13-5-6-14-44)60-57-24-45(56,41(54)38(53)35(52)23-49)20-26-7-9-29(50)10-8-26/h7-10,12,16-18,22,28,33,35-36,38,41,49-50,52-54,56H,4-6,11,13-15,19-21,23-24H2,1-3H3,(H,47,55)/p+1. The summed E-state index contributed by atoms with van der Waals surface area (Å²) in [6.45, 7) is 4.75. The SMILES string of the molecule is CCC1C2=CC=NC2=C[NH+]1c1c2c(cc3c(=O)cc(C)oc13)CC(OOCC(O)(Cc1ccc(O)cc1)C(O)C(O)C(O)CO)C(C)(CCC1CNC(=O)C13CCCC3)O2. The number of aryl methyl sites for hydroxylation is 1. The summed E-state index contributed by atoms with van der Waals surface area (Å²) in [5.74, 6) is 1.14. The lowest BCUT2D eigenvalue weighted by Gasteiger charge is -2.43. The van der Waals surface area contributed by atoms with Gasteiger partial charge in [-0.1, -0.05) is 31.9 Å². The van der Waals surface area contributed by atoms with Crippen molar-refractivity contribution in [2.45, 2.75) is 120 Å². The van der Waals surface area contributed by atoms with E-state index in [9.17, 15) is 40.2 Å². The summed E-state index contributed by atoms with van der Waals surface area (Å²) in [5, 5.41) is 67.1. The zero-order valence-electron chi connectivity index (χ0n) is 34.2. The monoisotopic (exact) mass is 830 g/mol. The third-order valence-electron chi connectivity index (χ3n) is 13.7. The number of ether oxygens (including phenoxy) is 1. The number of fused-ring (bicyclic) bond motifs is 3. The normalized spacial score (nSPS) is 27.8. The molecule has 1 aliphatic carbocycles. The highest BCUT2D eigenvalue weighted by molar-refractivity contribution is 5.90. The minimum Gasteiger partial charge on any atom is -0.508 e. The molecule has 8 N–H and O–H groups in total. The Morgan fingerprint density at radius 2 is 1.87 bits per heavy atom. The van der Waals surface area contributed by atoms with Crippen molar-refractivity contribution in [1.29, 1.82) is 0 Å². The molecule has 15 heteroatoms. The van der Waals surface area contributed by atoms with Crippen LogP contribution >= 0.6 is 0 Å². The lowest BCUT2D eigenvalue weighted by atomic mass is 9.72. The van der Waals surface area contributed by atoms with Crippen molar-refractivity contribution in [3.8, 4) is 11.5 Å². The number of aliphatic imine (C=N–C) groups is 1. The molecular weight excluding hydrogens is 775 g/mol. The summed E-state index contributed by atoms with van der Waals surface area (Å²) in [6.07, 6.45) is 4.57. The third-order valence-corrected chi connectivity index (χ3v) is 13.7. The number of aromatic hydroxyl groups is 1. The fourth-order valence-electron chi connectivity index (χ4n) is 10.2. The number of phenolic OH excluding ortho intramolecular Hbond substituents is 1. The Bertz CT molecular complexity index is 2270. The number of nitrogens with one attached hydrogen (secondary N) is 2. The molecule has 5 aliphatic rings. The number of hydrogen-bond donors (Lipinski definition) is 8. The van der Waals surface area contributed by atoms with Crippen molar-refractivity contribution in [2.75, 3.05) is 19.8 Å². The van der Waals surface area contributed by atoms with E-state index in [2.05, 4.69) is 17.2 Å². The number of aliphatic hydroxyl groups excluding tert-OH is 4. The third kappa shape index (κ3) is 7.49. The molecule has 9 unspecified atom stereocenters. The van der Waals surface area contributed by atoms with Crippen molar-refractivity contribution < 1.29 is 59.3 Å². The quantitative estimate of drug-likeness (QED) is 0.0815. The maximum Gasteiger partial charge on any atom is 0.226 e. The van der Waals surface area contributed by atoms with Crippen molar-refractivity contribution in [2.24, 2.45) is 16.3 Å². The number of amides is 1. The first-order valence-corrected chi connectivity index (χ1v) is 21.0. The molecular formula is C45H56N3O12+. The lowest BCUT2D eigenvalue weighted by Crippen LogP contribution is -3.05. The summed E-state index contributed by atoms with van der Waals surface area (Å²) in [7, 11) is 0. The minimum atomic E-state index is -2.27. The van der Waals surface area contributed by atoms with Crippen molar-refractivity contribution in [3.63, 3.8) is 0 Å². The van der Waals surface area contributed by atoms with E-state index >= 15 is 0 Å². The Hall–Kier alpha value is -4.45. The molecule has 4 aliphatic heterocycles. The van der Waals surface area contributed by atoms with Crippen molar-refractivity contribution in [3.05, 3.63) is 87.1 Å². The van der Waals surface area contributed by atoms with Crippen LogP contribution in [0.3, 0.4) is 0 Å². The fourth-order valence-corrected chi connectivity index (χ4v) is 10.2. The van der Waals surface area contributed by atoms with E-state index in [1.54, 1.807) is 19.2 Å². The van der Waals surface area contributed by atoms with Gasteiger partial charge < -0.3 is 45.1 Å². The highest BCUT2D eigenvalue weighted by atomic mass is 17.2. The molecule has 1 amide bonds. The van der Waals surface area contributed by atoms with E-state index < -0.39 is 54.2 Å². The summed E-state index contributed by atoms with van der Waals surface area (Å²) >= 11 is 0. The number of carbonyl (C=O) groups is 1. The van der Waals surface area contributed by atoms with Gasteiger partial charge in [0, 0.05) is 49.2 Å². The van der Waals surface area contributed by atoms with E-state index in [-0.39, 0.29) is 41.9 Å². The Balaban J connectivity index is 1.17. The van der Waals surface area contributed by atoms with Gasteiger partial charge in [0.2, 0.25) is 17.2 Å². The number of hydrogen-bond acceptors (Lipinski definition) is 13. The molecule has 9 atom stereocenters. The zero-order chi connectivity index (χ0) is 42.6. The number of quaternary nitrogens is 1. The van der Waals surface area contributed by atoms with E-state index in [4.69, 9.17) is 18.9 Å². The largest absolute Gasteiger partial charge is 0.508 e. The number of rotatable bonds is 15. The van der Waals surface area contributed by atoms with Gasteiger partial charge in [-0.2, -0.15) is 0 Å². The number of aliphatic hydroxyl groups is 5. The minimum absolute atomic E-state index is 0.0166. The summed E-state index contributed by atoms with van der Waals surface area (Å²) in [4.78, 5) is 44.6.